The molecule has 11 N–H and O–H groups in total. The Morgan fingerprint density at radius 2 is 1.64 bits per heavy atom. The summed E-state index contributed by atoms with van der Waals surface area (Å²) in [5.41, 5.74) is 15.7. The van der Waals surface area contributed by atoms with Crippen LogP contribution in [0.25, 0.3) is 10.9 Å². The number of aliphatic hydroxyl groups excluding tert-OH is 1. The summed E-state index contributed by atoms with van der Waals surface area (Å²) >= 11 is 0. The van der Waals surface area contributed by atoms with Gasteiger partial charge in [0.2, 0.25) is 5.91 Å². The summed E-state index contributed by atoms with van der Waals surface area (Å²) in [6.07, 6.45) is 0.930. The number of rotatable bonds is 10. The summed E-state index contributed by atoms with van der Waals surface area (Å²) in [5, 5.41) is 23.5. The van der Waals surface area contributed by atoms with Crippen molar-refractivity contribution in [3.8, 4) is 0 Å². The smallest absolute Gasteiger partial charge is 0.326 e. The molecule has 0 fully saturated rings. The van der Waals surface area contributed by atoms with Gasteiger partial charge in [-0.2, -0.15) is 0 Å². The zero-order valence-electron chi connectivity index (χ0n) is 17.3. The molecule has 33 heavy (non-hydrogen) atoms. The largest absolute Gasteiger partial charge is 0.480 e. The minimum atomic E-state index is -1.53. The number of carboxylic acids is 1. The molecule has 14 nitrogen and oxygen atoms in total. The van der Waals surface area contributed by atoms with E-state index in [0.717, 1.165) is 10.9 Å². The van der Waals surface area contributed by atoms with Crippen LogP contribution in [0.5, 0.6) is 0 Å². The van der Waals surface area contributed by atoms with E-state index in [4.69, 9.17) is 16.6 Å². The van der Waals surface area contributed by atoms with Crippen molar-refractivity contribution in [2.75, 3.05) is 6.61 Å². The number of hydrazine groups is 1. The summed E-state index contributed by atoms with van der Waals surface area (Å²) in [7, 11) is 0. The lowest BCUT2D eigenvalue weighted by atomic mass is 10.1. The van der Waals surface area contributed by atoms with Gasteiger partial charge in [0.15, 0.2) is 0 Å². The number of amides is 5. The topological polar surface area (TPSA) is 242 Å². The molecule has 0 unspecified atom stereocenters. The van der Waals surface area contributed by atoms with E-state index in [9.17, 15) is 29.1 Å². The molecule has 0 aliphatic heterocycles. The number of carbonyl (C=O) groups is 5. The lowest BCUT2D eigenvalue weighted by Gasteiger charge is -2.20. The Morgan fingerprint density at radius 3 is 2.27 bits per heavy atom. The van der Waals surface area contributed by atoms with Gasteiger partial charge in [0.05, 0.1) is 13.0 Å². The molecule has 1 aromatic heterocycles. The van der Waals surface area contributed by atoms with E-state index in [1.807, 2.05) is 23.0 Å². The van der Waals surface area contributed by atoms with Crippen molar-refractivity contribution in [2.24, 2.45) is 11.5 Å². The number of aliphatic hydroxyl groups is 1. The van der Waals surface area contributed by atoms with Crippen LogP contribution in [0.15, 0.2) is 30.5 Å². The Balaban J connectivity index is 2.03. The predicted molar refractivity (Wildman–Crippen MR) is 114 cm³/mol. The lowest BCUT2D eigenvalue weighted by Crippen LogP contribution is -2.58. The van der Waals surface area contributed by atoms with Gasteiger partial charge in [0, 0.05) is 23.5 Å². The molecule has 3 atom stereocenters. The molecule has 0 spiro atoms. The molecule has 2 aromatic rings. The molecule has 0 radical (unpaired) electrons. The molecule has 0 aliphatic rings. The van der Waals surface area contributed by atoms with Gasteiger partial charge in [-0.25, -0.2) is 9.59 Å². The first-order valence-electron chi connectivity index (χ1n) is 9.71. The number of primary amides is 1. The van der Waals surface area contributed by atoms with Crippen LogP contribution in [-0.4, -0.2) is 69.7 Å². The minimum Gasteiger partial charge on any atom is -0.480 e. The van der Waals surface area contributed by atoms with Crippen molar-refractivity contribution in [1.29, 1.82) is 0 Å². The number of benzene rings is 1. The third kappa shape index (κ3) is 7.19. The summed E-state index contributed by atoms with van der Waals surface area (Å²) in [5.74, 6) is -4.21. The fourth-order valence-electron chi connectivity index (χ4n) is 2.88. The van der Waals surface area contributed by atoms with Gasteiger partial charge < -0.3 is 37.3 Å². The minimum absolute atomic E-state index is 0.0610. The fourth-order valence-corrected chi connectivity index (χ4v) is 2.88. The molecule has 178 valence electrons. The van der Waals surface area contributed by atoms with Crippen LogP contribution in [0.1, 0.15) is 12.0 Å². The van der Waals surface area contributed by atoms with Crippen molar-refractivity contribution in [3.05, 3.63) is 36.0 Å². The standard InChI is InChI=1S/C19H25N7O7/c20-11(8-27)16(29)25-26-17(30)13(6-15(21)28)23-19(33)24-14(18(31)32)5-9-7-22-12-4-2-1-3-10(9)12/h1-4,7,11,13-14,22,27H,5-6,8,20H2,(H2,21,28)(H,25,29)(H,26,30)(H,31,32)(H2,23,24,33)/t11-,13-,14-/m0/s1. The first kappa shape index (κ1) is 25.1. The van der Waals surface area contributed by atoms with Gasteiger partial charge >= 0.3 is 12.0 Å². The van der Waals surface area contributed by atoms with E-state index in [-0.39, 0.29) is 6.42 Å². The number of nitrogens with one attached hydrogen (secondary N) is 5. The van der Waals surface area contributed by atoms with Crippen LogP contribution in [0.3, 0.4) is 0 Å². The van der Waals surface area contributed by atoms with Gasteiger partial charge in [-0.1, -0.05) is 18.2 Å². The fraction of sp³-hybridized carbons (Fsp3) is 0.316. The van der Waals surface area contributed by atoms with Crippen LogP contribution in [-0.2, 0) is 25.6 Å². The normalized spacial score (nSPS) is 13.4. The van der Waals surface area contributed by atoms with Crippen molar-refractivity contribution in [2.45, 2.75) is 31.0 Å². The van der Waals surface area contributed by atoms with Gasteiger partial charge in [-0.3, -0.25) is 25.2 Å². The number of H-pyrrole nitrogens is 1. The van der Waals surface area contributed by atoms with E-state index in [0.29, 0.717) is 5.56 Å². The van der Waals surface area contributed by atoms with E-state index >= 15 is 0 Å². The maximum Gasteiger partial charge on any atom is 0.326 e. The molecule has 5 amide bonds. The number of aromatic nitrogens is 1. The molecule has 0 aliphatic carbocycles. The molecule has 1 heterocycles. The molecule has 1 aromatic carbocycles. The van der Waals surface area contributed by atoms with Crippen molar-refractivity contribution in [3.63, 3.8) is 0 Å². The highest BCUT2D eigenvalue weighted by Crippen LogP contribution is 2.19. The van der Waals surface area contributed by atoms with Crippen LogP contribution >= 0.6 is 0 Å². The number of hydrogen-bond donors (Lipinski definition) is 9. The van der Waals surface area contributed by atoms with Gasteiger partial charge in [0.1, 0.15) is 18.1 Å². The molecule has 0 saturated heterocycles. The number of carboxylic acid groups (broad SMARTS) is 1. The number of urea groups is 1. The summed E-state index contributed by atoms with van der Waals surface area (Å²) in [6, 6.07) is 1.96. The number of carbonyl (C=O) groups excluding carboxylic acids is 4. The van der Waals surface area contributed by atoms with Crippen LogP contribution in [0.2, 0.25) is 0 Å². The third-order valence-electron chi connectivity index (χ3n) is 4.57. The van der Waals surface area contributed by atoms with Gasteiger partial charge in [0.25, 0.3) is 11.8 Å². The first-order chi connectivity index (χ1) is 15.6. The average molecular weight is 463 g/mol. The maximum atomic E-state index is 12.4. The molecule has 0 saturated carbocycles. The Bertz CT molecular complexity index is 1040. The highest BCUT2D eigenvalue weighted by molar-refractivity contribution is 5.93. The molecular weight excluding hydrogens is 438 g/mol. The van der Waals surface area contributed by atoms with Crippen molar-refractivity contribution < 1.29 is 34.2 Å². The summed E-state index contributed by atoms with van der Waals surface area (Å²) < 4.78 is 0. The zero-order valence-corrected chi connectivity index (χ0v) is 17.3. The maximum absolute atomic E-state index is 12.4. The second kappa shape index (κ2) is 11.4. The number of aromatic amines is 1. The average Bonchev–Trinajstić information content (AvgIpc) is 3.18. The zero-order chi connectivity index (χ0) is 24.5. The molecule has 14 heteroatoms. The van der Waals surface area contributed by atoms with E-state index < -0.39 is 60.9 Å². The number of hydrogen-bond acceptors (Lipinski definition) is 7. The Morgan fingerprint density at radius 1 is 1.00 bits per heavy atom. The van der Waals surface area contributed by atoms with Gasteiger partial charge in [-0.15, -0.1) is 0 Å². The SMILES string of the molecule is NC(=O)C[C@H](NC(=O)N[C@@H](Cc1c[nH]c2ccccc12)C(=O)O)C(=O)NNC(=O)[C@@H](N)CO. The lowest BCUT2D eigenvalue weighted by molar-refractivity contribution is -0.139. The summed E-state index contributed by atoms with van der Waals surface area (Å²) in [6.45, 7) is -0.680. The van der Waals surface area contributed by atoms with Crippen molar-refractivity contribution in [1.82, 2.24) is 26.5 Å². The number of nitrogens with two attached hydrogens (primary N) is 2. The predicted octanol–water partition coefficient (Wildman–Crippen LogP) is -2.83. The van der Waals surface area contributed by atoms with Crippen molar-refractivity contribution >= 4 is 40.6 Å². The Labute approximate surface area is 187 Å². The van der Waals surface area contributed by atoms with Gasteiger partial charge in [-0.05, 0) is 11.6 Å². The number of para-hydroxylation sites is 1. The van der Waals surface area contributed by atoms with Crippen LogP contribution < -0.4 is 33.0 Å². The van der Waals surface area contributed by atoms with E-state index in [1.165, 1.54) is 0 Å². The van der Waals surface area contributed by atoms with E-state index in [1.54, 1.807) is 18.3 Å². The number of aliphatic carboxylic acids is 1. The quantitative estimate of drug-likeness (QED) is 0.166. The highest BCUT2D eigenvalue weighted by Gasteiger charge is 2.27. The molecular formula is C19H25N7O7. The Hall–Kier alpha value is -4.17. The first-order valence-corrected chi connectivity index (χ1v) is 9.71. The molecule has 2 rings (SSSR count). The van der Waals surface area contributed by atoms with Crippen LogP contribution in [0.4, 0.5) is 4.79 Å². The second-order valence-corrected chi connectivity index (χ2v) is 7.06. The summed E-state index contributed by atoms with van der Waals surface area (Å²) in [4.78, 5) is 62.1. The monoisotopic (exact) mass is 463 g/mol. The highest BCUT2D eigenvalue weighted by atomic mass is 16.4. The Kier molecular flexibility index (Phi) is 8.71. The number of fused-ring (bicyclic) bond motifs is 1. The second-order valence-electron chi connectivity index (χ2n) is 7.06. The van der Waals surface area contributed by atoms with E-state index in [2.05, 4.69) is 15.6 Å². The third-order valence-corrected chi connectivity index (χ3v) is 4.57. The van der Waals surface area contributed by atoms with Crippen LogP contribution in [0, 0.1) is 0 Å². The molecule has 0 bridgehead atoms.